The highest BCUT2D eigenvalue weighted by Gasteiger charge is 2.41. The molecule has 0 spiro atoms. The molecule has 0 aliphatic heterocycles. The maximum Gasteiger partial charge on any atom is 0.418 e. The third-order valence-corrected chi connectivity index (χ3v) is 7.60. The number of hydrogen-bond acceptors (Lipinski definition) is 3. The second kappa shape index (κ2) is 8.92. The SMILES string of the molecule is CCS(=O)(=O)c1ccc(-c2ccccc2)c(C(F)(F)F)c1-c1nc2c(C(F)(F)F)cccc2cc1C. The Hall–Kier alpha value is -3.40. The molecule has 10 heteroatoms. The van der Waals surface area contributed by atoms with Crippen LogP contribution in [0.1, 0.15) is 23.6 Å². The average Bonchev–Trinajstić information content (AvgIpc) is 2.81. The first-order valence-electron chi connectivity index (χ1n) is 10.8. The average molecular weight is 523 g/mol. The van der Waals surface area contributed by atoms with Gasteiger partial charge in [-0.25, -0.2) is 13.4 Å². The van der Waals surface area contributed by atoms with E-state index in [0.29, 0.717) is 0 Å². The van der Waals surface area contributed by atoms with E-state index in [1.54, 1.807) is 6.07 Å². The number of sulfone groups is 1. The number of benzene rings is 3. The van der Waals surface area contributed by atoms with E-state index in [-0.39, 0.29) is 22.1 Å². The number of alkyl halides is 6. The molecule has 0 amide bonds. The van der Waals surface area contributed by atoms with Crippen LogP contribution in [0.2, 0.25) is 0 Å². The smallest absolute Gasteiger partial charge is 0.247 e. The molecular weight excluding hydrogens is 504 g/mol. The molecule has 3 nitrogen and oxygen atoms in total. The van der Waals surface area contributed by atoms with Crippen LogP contribution in [0.3, 0.4) is 0 Å². The Morgan fingerprint density at radius 3 is 2.08 bits per heavy atom. The number of aromatic nitrogens is 1. The van der Waals surface area contributed by atoms with E-state index in [0.717, 1.165) is 18.2 Å². The molecule has 0 fully saturated rings. The quantitative estimate of drug-likeness (QED) is 0.258. The van der Waals surface area contributed by atoms with Crippen LogP contribution in [0.15, 0.2) is 71.6 Å². The van der Waals surface area contributed by atoms with Crippen molar-refractivity contribution in [1.29, 1.82) is 0 Å². The van der Waals surface area contributed by atoms with Gasteiger partial charge in [-0.3, -0.25) is 0 Å². The molecule has 0 saturated carbocycles. The van der Waals surface area contributed by atoms with Crippen LogP contribution in [0.4, 0.5) is 26.3 Å². The van der Waals surface area contributed by atoms with Gasteiger partial charge < -0.3 is 0 Å². The zero-order valence-electron chi connectivity index (χ0n) is 19.0. The monoisotopic (exact) mass is 523 g/mol. The number of fused-ring (bicyclic) bond motifs is 1. The molecule has 188 valence electrons. The second-order valence-electron chi connectivity index (χ2n) is 8.16. The summed E-state index contributed by atoms with van der Waals surface area (Å²) in [5, 5.41) is 0.0683. The van der Waals surface area contributed by atoms with Gasteiger partial charge in [-0.2, -0.15) is 26.3 Å². The molecule has 1 aromatic heterocycles. The highest BCUT2D eigenvalue weighted by atomic mass is 32.2. The molecule has 3 aromatic carbocycles. The lowest BCUT2D eigenvalue weighted by Gasteiger charge is -2.22. The van der Waals surface area contributed by atoms with E-state index >= 15 is 0 Å². The predicted octanol–water partition coefficient (Wildman–Crippen LogP) is 7.71. The summed E-state index contributed by atoms with van der Waals surface area (Å²) in [6.07, 6.45) is -9.87. The maximum atomic E-state index is 14.7. The first-order valence-corrected chi connectivity index (χ1v) is 12.4. The van der Waals surface area contributed by atoms with E-state index < -0.39 is 60.7 Å². The van der Waals surface area contributed by atoms with Crippen molar-refractivity contribution in [1.82, 2.24) is 4.98 Å². The lowest BCUT2D eigenvalue weighted by Crippen LogP contribution is -2.16. The number of para-hydroxylation sites is 1. The van der Waals surface area contributed by atoms with Crippen molar-refractivity contribution >= 4 is 20.7 Å². The minimum Gasteiger partial charge on any atom is -0.247 e. The molecular formula is C26H19F6NO2S. The molecule has 0 bridgehead atoms. The van der Waals surface area contributed by atoms with Crippen molar-refractivity contribution in [2.75, 3.05) is 5.75 Å². The molecule has 4 rings (SSSR count). The van der Waals surface area contributed by atoms with E-state index in [9.17, 15) is 34.8 Å². The van der Waals surface area contributed by atoms with Crippen molar-refractivity contribution in [3.05, 3.63) is 83.4 Å². The van der Waals surface area contributed by atoms with Crippen LogP contribution in [0.5, 0.6) is 0 Å². The van der Waals surface area contributed by atoms with Crippen LogP contribution in [0.25, 0.3) is 33.3 Å². The fourth-order valence-electron chi connectivity index (χ4n) is 4.17. The lowest BCUT2D eigenvalue weighted by molar-refractivity contribution is -0.137. The van der Waals surface area contributed by atoms with Crippen LogP contribution >= 0.6 is 0 Å². The van der Waals surface area contributed by atoms with E-state index in [1.165, 1.54) is 56.3 Å². The summed E-state index contributed by atoms with van der Waals surface area (Å²) in [4.78, 5) is 3.40. The zero-order chi connectivity index (χ0) is 26.5. The van der Waals surface area contributed by atoms with Crippen molar-refractivity contribution in [2.24, 2.45) is 0 Å². The molecule has 4 aromatic rings. The summed E-state index contributed by atoms with van der Waals surface area (Å²) in [6.45, 7) is 2.67. The highest BCUT2D eigenvalue weighted by molar-refractivity contribution is 7.91. The number of rotatable bonds is 4. The molecule has 1 heterocycles. The number of aryl methyl sites for hydroxylation is 1. The molecule has 0 radical (unpaired) electrons. The standard InChI is InChI=1S/C26H19F6NO2S/c1-3-36(34,35)20-13-12-18(16-8-5-4-6-9-16)22(26(30,31)32)21(20)23-15(2)14-17-10-7-11-19(24(17)33-23)25(27,28)29/h4-14H,3H2,1-2H3. The highest BCUT2D eigenvalue weighted by Crippen LogP contribution is 2.47. The van der Waals surface area contributed by atoms with Gasteiger partial charge in [0.25, 0.3) is 0 Å². The van der Waals surface area contributed by atoms with Gasteiger partial charge in [0.2, 0.25) is 0 Å². The van der Waals surface area contributed by atoms with Gasteiger partial charge in [0.15, 0.2) is 9.84 Å². The summed E-state index contributed by atoms with van der Waals surface area (Å²) in [7, 11) is -4.23. The van der Waals surface area contributed by atoms with E-state index in [2.05, 4.69) is 4.98 Å². The van der Waals surface area contributed by atoms with E-state index in [4.69, 9.17) is 0 Å². The largest absolute Gasteiger partial charge is 0.418 e. The third-order valence-electron chi connectivity index (χ3n) is 5.83. The summed E-state index contributed by atoms with van der Waals surface area (Å²) < 4.78 is 111. The lowest BCUT2D eigenvalue weighted by atomic mass is 9.91. The molecule has 36 heavy (non-hydrogen) atoms. The zero-order valence-corrected chi connectivity index (χ0v) is 19.8. The second-order valence-corrected chi connectivity index (χ2v) is 10.4. The van der Waals surface area contributed by atoms with Gasteiger partial charge in [-0.1, -0.05) is 55.5 Å². The first-order chi connectivity index (χ1) is 16.8. The Morgan fingerprint density at radius 2 is 1.50 bits per heavy atom. The molecule has 0 N–H and O–H groups in total. The summed E-state index contributed by atoms with van der Waals surface area (Å²) in [6, 6.07) is 14.3. The summed E-state index contributed by atoms with van der Waals surface area (Å²) >= 11 is 0. The fraction of sp³-hybridized carbons (Fsp3) is 0.192. The Balaban J connectivity index is 2.23. The van der Waals surface area contributed by atoms with Crippen molar-refractivity contribution in [3.8, 4) is 22.4 Å². The van der Waals surface area contributed by atoms with Gasteiger partial charge in [0.05, 0.1) is 33.0 Å². The maximum absolute atomic E-state index is 14.7. The molecule has 0 saturated heterocycles. The van der Waals surface area contributed by atoms with Gasteiger partial charge in [-0.05, 0) is 41.8 Å². The minimum atomic E-state index is -5.05. The summed E-state index contributed by atoms with van der Waals surface area (Å²) in [5.74, 6) is -0.511. The van der Waals surface area contributed by atoms with Gasteiger partial charge in [-0.15, -0.1) is 0 Å². The van der Waals surface area contributed by atoms with Gasteiger partial charge >= 0.3 is 12.4 Å². The van der Waals surface area contributed by atoms with Crippen molar-refractivity contribution in [2.45, 2.75) is 31.1 Å². The number of halogens is 6. The number of pyridine rings is 1. The Labute approximate surface area is 203 Å². The normalized spacial score (nSPS) is 12.8. The minimum absolute atomic E-state index is 0.0683. The Bertz CT molecular complexity index is 1560. The molecule has 0 atom stereocenters. The third kappa shape index (κ3) is 4.57. The van der Waals surface area contributed by atoms with Crippen LogP contribution in [-0.4, -0.2) is 19.2 Å². The Morgan fingerprint density at radius 1 is 0.833 bits per heavy atom. The van der Waals surface area contributed by atoms with Crippen molar-refractivity contribution in [3.63, 3.8) is 0 Å². The predicted molar refractivity (Wildman–Crippen MR) is 125 cm³/mol. The van der Waals surface area contributed by atoms with Crippen LogP contribution in [0, 0.1) is 6.92 Å². The summed E-state index contributed by atoms with van der Waals surface area (Å²) in [5.41, 5.74) is -4.25. The topological polar surface area (TPSA) is 47.0 Å². The number of nitrogens with zero attached hydrogens (tertiary/aromatic N) is 1. The van der Waals surface area contributed by atoms with Crippen LogP contribution < -0.4 is 0 Å². The van der Waals surface area contributed by atoms with E-state index in [1.807, 2.05) is 0 Å². The van der Waals surface area contributed by atoms with Crippen molar-refractivity contribution < 1.29 is 34.8 Å². The van der Waals surface area contributed by atoms with Gasteiger partial charge in [0, 0.05) is 10.9 Å². The van der Waals surface area contributed by atoms with Crippen LogP contribution in [-0.2, 0) is 22.2 Å². The molecule has 0 aliphatic carbocycles. The molecule has 0 aliphatic rings. The Kier molecular flexibility index (Phi) is 6.36. The van der Waals surface area contributed by atoms with Gasteiger partial charge in [0.1, 0.15) is 0 Å². The number of hydrogen-bond donors (Lipinski definition) is 0. The first kappa shape index (κ1) is 25.7. The fourth-order valence-corrected chi connectivity index (χ4v) is 5.27. The molecule has 0 unspecified atom stereocenters.